The topological polar surface area (TPSA) is 46.2 Å². The van der Waals surface area contributed by atoms with Gasteiger partial charge in [-0.3, -0.25) is 0 Å². The van der Waals surface area contributed by atoms with Gasteiger partial charge in [0.25, 0.3) is 0 Å². The maximum absolute atomic E-state index is 13.1. The molecule has 0 unspecified atom stereocenters. The number of aryl methyl sites for hydroxylation is 1. The van der Waals surface area contributed by atoms with E-state index in [0.717, 1.165) is 5.56 Å². The number of rotatable bonds is 3. The quantitative estimate of drug-likeness (QED) is 0.746. The van der Waals surface area contributed by atoms with Gasteiger partial charge in [0, 0.05) is 5.56 Å². The Morgan fingerprint density at radius 2 is 2.23 bits per heavy atom. The van der Waals surface area contributed by atoms with Crippen LogP contribution >= 0.6 is 0 Å². The lowest BCUT2D eigenvalue weighted by Crippen LogP contribution is -2.08. The Bertz CT molecular complexity index is 288. The Morgan fingerprint density at radius 1 is 1.54 bits per heavy atom. The van der Waals surface area contributed by atoms with Gasteiger partial charge in [-0.05, 0) is 26.0 Å². The summed E-state index contributed by atoms with van der Waals surface area (Å²) >= 11 is 0. The SMILES string of the molecule is Cc1ccc(F)c([C@H](O)CCN)c1. The monoisotopic (exact) mass is 183 g/mol. The smallest absolute Gasteiger partial charge is 0.129 e. The third kappa shape index (κ3) is 2.50. The molecule has 1 rings (SSSR count). The van der Waals surface area contributed by atoms with E-state index < -0.39 is 6.10 Å². The van der Waals surface area contributed by atoms with Crippen molar-refractivity contribution >= 4 is 0 Å². The molecule has 0 heterocycles. The number of hydrogen-bond acceptors (Lipinski definition) is 2. The van der Waals surface area contributed by atoms with Gasteiger partial charge in [0.2, 0.25) is 0 Å². The van der Waals surface area contributed by atoms with E-state index in [9.17, 15) is 9.50 Å². The van der Waals surface area contributed by atoms with Gasteiger partial charge in [0.05, 0.1) is 6.10 Å². The number of aliphatic hydroxyl groups is 1. The molecule has 0 spiro atoms. The van der Waals surface area contributed by atoms with Gasteiger partial charge >= 0.3 is 0 Å². The highest BCUT2D eigenvalue weighted by molar-refractivity contribution is 5.25. The van der Waals surface area contributed by atoms with E-state index in [1.54, 1.807) is 12.1 Å². The summed E-state index contributed by atoms with van der Waals surface area (Å²) in [5.41, 5.74) is 6.55. The Kier molecular flexibility index (Phi) is 3.39. The minimum absolute atomic E-state index is 0.338. The van der Waals surface area contributed by atoms with Crippen molar-refractivity contribution in [1.29, 1.82) is 0 Å². The third-order valence-corrected chi connectivity index (χ3v) is 1.95. The second kappa shape index (κ2) is 4.35. The fraction of sp³-hybridized carbons (Fsp3) is 0.400. The van der Waals surface area contributed by atoms with Crippen LogP contribution in [0.2, 0.25) is 0 Å². The Balaban J connectivity index is 2.91. The van der Waals surface area contributed by atoms with Gasteiger partial charge in [-0.15, -0.1) is 0 Å². The van der Waals surface area contributed by atoms with Crippen molar-refractivity contribution in [3.8, 4) is 0 Å². The Labute approximate surface area is 77.2 Å². The lowest BCUT2D eigenvalue weighted by atomic mass is 10.0. The maximum Gasteiger partial charge on any atom is 0.129 e. The molecule has 3 heteroatoms. The largest absolute Gasteiger partial charge is 0.388 e. The van der Waals surface area contributed by atoms with E-state index in [2.05, 4.69) is 0 Å². The number of aliphatic hydroxyl groups excluding tert-OH is 1. The van der Waals surface area contributed by atoms with Crippen molar-refractivity contribution in [1.82, 2.24) is 0 Å². The molecule has 0 saturated carbocycles. The molecule has 0 saturated heterocycles. The van der Waals surface area contributed by atoms with Crippen LogP contribution in [0.4, 0.5) is 4.39 Å². The summed E-state index contributed by atoms with van der Waals surface area (Å²) in [4.78, 5) is 0. The van der Waals surface area contributed by atoms with Gasteiger partial charge in [-0.1, -0.05) is 17.7 Å². The zero-order valence-electron chi connectivity index (χ0n) is 7.63. The first-order valence-corrected chi connectivity index (χ1v) is 4.29. The number of benzene rings is 1. The molecule has 0 fully saturated rings. The average molecular weight is 183 g/mol. The zero-order valence-corrected chi connectivity index (χ0v) is 7.63. The van der Waals surface area contributed by atoms with E-state index in [4.69, 9.17) is 5.73 Å². The van der Waals surface area contributed by atoms with E-state index in [-0.39, 0.29) is 5.82 Å². The van der Waals surface area contributed by atoms with Gasteiger partial charge < -0.3 is 10.8 Å². The van der Waals surface area contributed by atoms with Gasteiger partial charge in [-0.25, -0.2) is 4.39 Å². The van der Waals surface area contributed by atoms with Crippen LogP contribution in [-0.4, -0.2) is 11.7 Å². The minimum Gasteiger partial charge on any atom is -0.388 e. The first-order valence-electron chi connectivity index (χ1n) is 4.29. The van der Waals surface area contributed by atoms with E-state index in [0.29, 0.717) is 18.5 Å². The first kappa shape index (κ1) is 10.2. The number of hydrogen-bond donors (Lipinski definition) is 2. The molecule has 2 nitrogen and oxygen atoms in total. The molecule has 1 atom stereocenters. The van der Waals surface area contributed by atoms with E-state index in [1.165, 1.54) is 6.07 Å². The standard InChI is InChI=1S/C10H14FNO/c1-7-2-3-9(11)8(6-7)10(13)4-5-12/h2-3,6,10,13H,4-5,12H2,1H3/t10-/m1/s1. The summed E-state index contributed by atoms with van der Waals surface area (Å²) < 4.78 is 13.1. The van der Waals surface area contributed by atoms with E-state index in [1.807, 2.05) is 6.92 Å². The first-order chi connectivity index (χ1) is 6.15. The van der Waals surface area contributed by atoms with Crippen LogP contribution in [-0.2, 0) is 0 Å². The third-order valence-electron chi connectivity index (χ3n) is 1.95. The molecule has 0 amide bonds. The highest BCUT2D eigenvalue weighted by atomic mass is 19.1. The van der Waals surface area contributed by atoms with Crippen LogP contribution in [0, 0.1) is 12.7 Å². The van der Waals surface area contributed by atoms with Crippen LogP contribution in [0.5, 0.6) is 0 Å². The Morgan fingerprint density at radius 3 is 2.85 bits per heavy atom. The predicted octanol–water partition coefficient (Wildman–Crippen LogP) is 1.52. The molecule has 0 aliphatic rings. The fourth-order valence-corrected chi connectivity index (χ4v) is 1.23. The van der Waals surface area contributed by atoms with Crippen molar-refractivity contribution in [2.45, 2.75) is 19.4 Å². The number of nitrogens with two attached hydrogens (primary N) is 1. The molecule has 13 heavy (non-hydrogen) atoms. The highest BCUT2D eigenvalue weighted by Gasteiger charge is 2.11. The minimum atomic E-state index is -0.787. The summed E-state index contributed by atoms with van der Waals surface area (Å²) in [7, 11) is 0. The molecule has 0 bridgehead atoms. The summed E-state index contributed by atoms with van der Waals surface area (Å²) in [6.07, 6.45) is -0.398. The molecule has 72 valence electrons. The van der Waals surface area contributed by atoms with Crippen molar-refractivity contribution in [2.75, 3.05) is 6.54 Å². The Hall–Kier alpha value is -0.930. The predicted molar refractivity (Wildman–Crippen MR) is 49.8 cm³/mol. The lowest BCUT2D eigenvalue weighted by Gasteiger charge is -2.11. The zero-order chi connectivity index (χ0) is 9.84. The lowest BCUT2D eigenvalue weighted by molar-refractivity contribution is 0.165. The second-order valence-electron chi connectivity index (χ2n) is 3.12. The molecule has 0 aliphatic carbocycles. The molecule has 0 radical (unpaired) electrons. The molecule has 1 aromatic carbocycles. The van der Waals surface area contributed by atoms with Gasteiger partial charge in [0.15, 0.2) is 0 Å². The van der Waals surface area contributed by atoms with Crippen LogP contribution in [0.25, 0.3) is 0 Å². The maximum atomic E-state index is 13.1. The van der Waals surface area contributed by atoms with Crippen molar-refractivity contribution in [3.63, 3.8) is 0 Å². The molecule has 3 N–H and O–H groups in total. The van der Waals surface area contributed by atoms with Crippen LogP contribution in [0.15, 0.2) is 18.2 Å². The van der Waals surface area contributed by atoms with Crippen molar-refractivity contribution in [3.05, 3.63) is 35.1 Å². The van der Waals surface area contributed by atoms with Gasteiger partial charge in [-0.2, -0.15) is 0 Å². The molecule has 1 aromatic rings. The average Bonchev–Trinajstić information content (AvgIpc) is 2.09. The summed E-state index contributed by atoms with van der Waals surface area (Å²) in [6.45, 7) is 2.21. The molecule has 0 aliphatic heterocycles. The summed E-state index contributed by atoms with van der Waals surface area (Å²) in [5, 5.41) is 9.51. The van der Waals surface area contributed by atoms with Crippen LogP contribution in [0.3, 0.4) is 0 Å². The summed E-state index contributed by atoms with van der Waals surface area (Å²) in [6, 6.07) is 4.69. The van der Waals surface area contributed by atoms with Crippen LogP contribution in [0.1, 0.15) is 23.7 Å². The second-order valence-corrected chi connectivity index (χ2v) is 3.12. The van der Waals surface area contributed by atoms with Gasteiger partial charge in [0.1, 0.15) is 5.82 Å². The number of halogens is 1. The van der Waals surface area contributed by atoms with E-state index >= 15 is 0 Å². The van der Waals surface area contributed by atoms with Crippen molar-refractivity contribution in [2.24, 2.45) is 5.73 Å². The van der Waals surface area contributed by atoms with Crippen molar-refractivity contribution < 1.29 is 9.50 Å². The molecular formula is C10H14FNO. The molecular weight excluding hydrogens is 169 g/mol. The fourth-order valence-electron chi connectivity index (χ4n) is 1.23. The normalized spacial score (nSPS) is 12.9. The highest BCUT2D eigenvalue weighted by Crippen LogP contribution is 2.20. The molecule has 0 aromatic heterocycles. The summed E-state index contributed by atoms with van der Waals surface area (Å²) in [5.74, 6) is -0.369. The van der Waals surface area contributed by atoms with Crippen LogP contribution < -0.4 is 5.73 Å².